The standard InChI is InChI=1S/C18H18FN3O3/c19-13-6-7-16(20-10-13)17(24)21-14-4-1-3-12(9-14)18(25)22-8-2-5-15(23)11-22/h1,3-4,6-7,9-10,15,23H,2,5,8,11H2,(H,21,24). The summed E-state index contributed by atoms with van der Waals surface area (Å²) in [7, 11) is 0. The maximum Gasteiger partial charge on any atom is 0.274 e. The van der Waals surface area contributed by atoms with Crippen LogP contribution in [0.1, 0.15) is 33.7 Å². The molecular formula is C18H18FN3O3. The van der Waals surface area contributed by atoms with Gasteiger partial charge in [-0.2, -0.15) is 0 Å². The van der Waals surface area contributed by atoms with Crippen molar-refractivity contribution >= 4 is 17.5 Å². The number of hydrogen-bond donors (Lipinski definition) is 2. The minimum atomic E-state index is -0.520. The third-order valence-electron chi connectivity index (χ3n) is 4.01. The molecule has 0 bridgehead atoms. The fourth-order valence-corrected chi connectivity index (χ4v) is 2.76. The molecule has 0 aliphatic carbocycles. The predicted molar refractivity (Wildman–Crippen MR) is 89.7 cm³/mol. The third kappa shape index (κ3) is 4.19. The molecule has 1 aromatic carbocycles. The molecule has 1 aromatic heterocycles. The molecule has 0 radical (unpaired) electrons. The summed E-state index contributed by atoms with van der Waals surface area (Å²) in [6.45, 7) is 0.918. The molecule has 25 heavy (non-hydrogen) atoms. The van der Waals surface area contributed by atoms with E-state index in [9.17, 15) is 19.1 Å². The van der Waals surface area contributed by atoms with Crippen molar-refractivity contribution in [3.63, 3.8) is 0 Å². The number of likely N-dealkylation sites (tertiary alicyclic amines) is 1. The van der Waals surface area contributed by atoms with Crippen LogP contribution in [0.5, 0.6) is 0 Å². The van der Waals surface area contributed by atoms with Crippen LogP contribution in [0.25, 0.3) is 0 Å². The topological polar surface area (TPSA) is 82.5 Å². The Bertz CT molecular complexity index is 779. The van der Waals surface area contributed by atoms with Gasteiger partial charge in [-0.05, 0) is 43.2 Å². The second kappa shape index (κ2) is 7.40. The van der Waals surface area contributed by atoms with Gasteiger partial charge in [0.15, 0.2) is 0 Å². The Kier molecular flexibility index (Phi) is 5.04. The number of anilines is 1. The number of carbonyl (C=O) groups excluding carboxylic acids is 2. The number of pyridine rings is 1. The average molecular weight is 343 g/mol. The first kappa shape index (κ1) is 17.0. The SMILES string of the molecule is O=C(Nc1cccc(C(=O)N2CCCC(O)C2)c1)c1ccc(F)cn1. The molecule has 0 spiro atoms. The van der Waals surface area contributed by atoms with E-state index in [1.165, 1.54) is 6.07 Å². The van der Waals surface area contributed by atoms with Gasteiger partial charge in [0.05, 0.1) is 12.3 Å². The van der Waals surface area contributed by atoms with Crippen LogP contribution >= 0.6 is 0 Å². The summed E-state index contributed by atoms with van der Waals surface area (Å²) in [6, 6.07) is 9.00. The van der Waals surface area contributed by atoms with Crippen LogP contribution in [-0.4, -0.2) is 46.0 Å². The maximum atomic E-state index is 12.9. The zero-order valence-electron chi connectivity index (χ0n) is 13.5. The Balaban J connectivity index is 1.71. The highest BCUT2D eigenvalue weighted by Crippen LogP contribution is 2.17. The highest BCUT2D eigenvalue weighted by molar-refractivity contribution is 6.03. The van der Waals surface area contributed by atoms with Gasteiger partial charge in [0, 0.05) is 24.3 Å². The van der Waals surface area contributed by atoms with Crippen molar-refractivity contribution in [3.05, 3.63) is 59.7 Å². The van der Waals surface area contributed by atoms with Crippen LogP contribution in [0, 0.1) is 5.82 Å². The van der Waals surface area contributed by atoms with E-state index in [1.54, 1.807) is 29.2 Å². The van der Waals surface area contributed by atoms with E-state index in [0.29, 0.717) is 30.8 Å². The first-order chi connectivity index (χ1) is 12.0. The van der Waals surface area contributed by atoms with Crippen molar-refractivity contribution < 1.29 is 19.1 Å². The van der Waals surface area contributed by atoms with E-state index in [4.69, 9.17) is 0 Å². The Labute approximate surface area is 144 Å². The second-order valence-electron chi connectivity index (χ2n) is 5.94. The largest absolute Gasteiger partial charge is 0.391 e. The van der Waals surface area contributed by atoms with Crippen molar-refractivity contribution in [1.82, 2.24) is 9.88 Å². The number of aliphatic hydroxyl groups is 1. The molecular weight excluding hydrogens is 325 g/mol. The number of halogens is 1. The number of piperidine rings is 1. The number of nitrogens with zero attached hydrogens (tertiary/aromatic N) is 2. The fourth-order valence-electron chi connectivity index (χ4n) is 2.76. The molecule has 1 atom stereocenters. The minimum absolute atomic E-state index is 0.0808. The molecule has 3 rings (SSSR count). The first-order valence-corrected chi connectivity index (χ1v) is 8.03. The van der Waals surface area contributed by atoms with Gasteiger partial charge >= 0.3 is 0 Å². The lowest BCUT2D eigenvalue weighted by atomic mass is 10.1. The second-order valence-corrected chi connectivity index (χ2v) is 5.94. The summed E-state index contributed by atoms with van der Waals surface area (Å²) in [5.41, 5.74) is 0.954. The molecule has 2 aromatic rings. The van der Waals surface area contributed by atoms with Crippen LogP contribution in [-0.2, 0) is 0 Å². The van der Waals surface area contributed by atoms with Gasteiger partial charge in [0.1, 0.15) is 11.5 Å². The lowest BCUT2D eigenvalue weighted by Gasteiger charge is -2.30. The summed E-state index contributed by atoms with van der Waals surface area (Å²) in [4.78, 5) is 30.0. The van der Waals surface area contributed by atoms with E-state index < -0.39 is 17.8 Å². The van der Waals surface area contributed by atoms with Crippen molar-refractivity contribution in [1.29, 1.82) is 0 Å². The number of amides is 2. The number of hydrogen-bond acceptors (Lipinski definition) is 4. The van der Waals surface area contributed by atoms with E-state index in [0.717, 1.165) is 18.7 Å². The fraction of sp³-hybridized carbons (Fsp3) is 0.278. The number of carbonyl (C=O) groups is 2. The smallest absolute Gasteiger partial charge is 0.274 e. The van der Waals surface area contributed by atoms with Gasteiger partial charge in [-0.25, -0.2) is 9.37 Å². The maximum absolute atomic E-state index is 12.9. The normalized spacial score (nSPS) is 17.2. The molecule has 2 amide bonds. The van der Waals surface area contributed by atoms with Gasteiger partial charge < -0.3 is 15.3 Å². The van der Waals surface area contributed by atoms with Gasteiger partial charge in [0.2, 0.25) is 0 Å². The van der Waals surface area contributed by atoms with E-state index in [1.807, 2.05) is 0 Å². The van der Waals surface area contributed by atoms with Gasteiger partial charge in [-0.15, -0.1) is 0 Å². The molecule has 1 saturated heterocycles. The minimum Gasteiger partial charge on any atom is -0.391 e. The summed E-state index contributed by atoms with van der Waals surface area (Å²) < 4.78 is 12.9. The average Bonchev–Trinajstić information content (AvgIpc) is 2.62. The monoisotopic (exact) mass is 343 g/mol. The summed E-state index contributed by atoms with van der Waals surface area (Å²) in [5.74, 6) is -1.19. The van der Waals surface area contributed by atoms with Crippen molar-refractivity contribution in [2.45, 2.75) is 18.9 Å². The molecule has 7 heteroatoms. The van der Waals surface area contributed by atoms with Gasteiger partial charge in [-0.1, -0.05) is 6.07 Å². The Morgan fingerprint density at radius 3 is 2.84 bits per heavy atom. The molecule has 1 aliphatic rings. The van der Waals surface area contributed by atoms with Gasteiger partial charge in [0.25, 0.3) is 11.8 Å². The van der Waals surface area contributed by atoms with Gasteiger partial charge in [-0.3, -0.25) is 9.59 Å². The van der Waals surface area contributed by atoms with Crippen molar-refractivity contribution in [2.75, 3.05) is 18.4 Å². The third-order valence-corrected chi connectivity index (χ3v) is 4.01. The van der Waals surface area contributed by atoms with Crippen LogP contribution in [0.3, 0.4) is 0 Å². The lowest BCUT2D eigenvalue weighted by Crippen LogP contribution is -2.42. The molecule has 1 aliphatic heterocycles. The molecule has 1 fully saturated rings. The summed E-state index contributed by atoms with van der Waals surface area (Å²) in [5, 5.41) is 12.4. The van der Waals surface area contributed by atoms with Crippen LogP contribution in [0.15, 0.2) is 42.6 Å². The van der Waals surface area contributed by atoms with Crippen molar-refractivity contribution in [3.8, 4) is 0 Å². The zero-order valence-corrected chi connectivity index (χ0v) is 13.5. The van der Waals surface area contributed by atoms with E-state index in [2.05, 4.69) is 10.3 Å². The molecule has 1 unspecified atom stereocenters. The first-order valence-electron chi connectivity index (χ1n) is 8.03. The van der Waals surface area contributed by atoms with E-state index in [-0.39, 0.29) is 11.6 Å². The molecule has 2 N–H and O–H groups in total. The highest BCUT2D eigenvalue weighted by atomic mass is 19.1. The number of rotatable bonds is 3. The zero-order chi connectivity index (χ0) is 17.8. The molecule has 6 nitrogen and oxygen atoms in total. The Hall–Kier alpha value is -2.80. The predicted octanol–water partition coefficient (Wildman–Crippen LogP) is 2.07. The van der Waals surface area contributed by atoms with Crippen LogP contribution in [0.2, 0.25) is 0 Å². The Morgan fingerprint density at radius 1 is 1.28 bits per heavy atom. The highest BCUT2D eigenvalue weighted by Gasteiger charge is 2.23. The number of β-amino-alcohol motifs (C(OH)–C–C–N with tert-alkyl or cyclic N) is 1. The molecule has 130 valence electrons. The molecule has 0 saturated carbocycles. The number of aromatic nitrogens is 1. The molecule has 2 heterocycles. The number of benzene rings is 1. The quantitative estimate of drug-likeness (QED) is 0.894. The van der Waals surface area contributed by atoms with Crippen LogP contribution < -0.4 is 5.32 Å². The Morgan fingerprint density at radius 2 is 2.12 bits per heavy atom. The summed E-state index contributed by atoms with van der Waals surface area (Å²) in [6.07, 6.45) is 1.94. The van der Waals surface area contributed by atoms with Crippen LogP contribution in [0.4, 0.5) is 10.1 Å². The van der Waals surface area contributed by atoms with Crippen molar-refractivity contribution in [2.24, 2.45) is 0 Å². The number of nitrogens with one attached hydrogen (secondary N) is 1. The number of aliphatic hydroxyl groups excluding tert-OH is 1. The van der Waals surface area contributed by atoms with E-state index >= 15 is 0 Å². The summed E-state index contributed by atoms with van der Waals surface area (Å²) >= 11 is 0. The lowest BCUT2D eigenvalue weighted by molar-refractivity contribution is 0.0474.